The number of nitrogens with one attached hydrogen (secondary N) is 2. The number of pyridine rings is 1. The molecular formula is C27H29N7O3S. The zero-order valence-electron chi connectivity index (χ0n) is 21.0. The number of aromatic nitrogens is 5. The topological polar surface area (TPSA) is 124 Å². The first kappa shape index (κ1) is 25.6. The van der Waals surface area contributed by atoms with E-state index >= 15 is 0 Å². The van der Waals surface area contributed by atoms with Gasteiger partial charge in [0.15, 0.2) is 0 Å². The van der Waals surface area contributed by atoms with E-state index in [-0.39, 0.29) is 5.75 Å². The molecule has 0 spiro atoms. The van der Waals surface area contributed by atoms with Gasteiger partial charge < -0.3 is 15.4 Å². The zero-order chi connectivity index (χ0) is 26.4. The largest absolute Gasteiger partial charge is 0.478 e. The van der Waals surface area contributed by atoms with E-state index in [0.717, 1.165) is 28.4 Å². The highest BCUT2D eigenvalue weighted by Crippen LogP contribution is 2.27. The number of hydrogen-bond donors (Lipinski definition) is 2. The molecule has 0 aliphatic heterocycles. The first-order chi connectivity index (χ1) is 18.4. The van der Waals surface area contributed by atoms with E-state index in [4.69, 9.17) is 4.74 Å². The van der Waals surface area contributed by atoms with Gasteiger partial charge in [-0.05, 0) is 36.7 Å². The molecular weight excluding hydrogens is 502 g/mol. The van der Waals surface area contributed by atoms with Crippen LogP contribution in [0.3, 0.4) is 0 Å². The second-order valence-corrected chi connectivity index (χ2v) is 11.3. The lowest BCUT2D eigenvalue weighted by atomic mass is 10.2. The van der Waals surface area contributed by atoms with Crippen LogP contribution >= 0.6 is 0 Å². The summed E-state index contributed by atoms with van der Waals surface area (Å²) in [5.41, 5.74) is 3.84. The van der Waals surface area contributed by atoms with Crippen LogP contribution in [0, 0.1) is 0 Å². The van der Waals surface area contributed by atoms with Gasteiger partial charge >= 0.3 is 0 Å². The Hall–Kier alpha value is -4.09. The number of nitrogens with zero attached hydrogens (tertiary/aromatic N) is 5. The normalized spacial score (nSPS) is 11.7. The number of benzene rings is 2. The molecule has 3 aromatic heterocycles. The van der Waals surface area contributed by atoms with Crippen molar-refractivity contribution in [3.63, 3.8) is 0 Å². The number of anilines is 2. The quantitative estimate of drug-likeness (QED) is 0.233. The Morgan fingerprint density at radius 1 is 0.974 bits per heavy atom. The van der Waals surface area contributed by atoms with E-state index in [1.165, 1.54) is 18.1 Å². The van der Waals surface area contributed by atoms with Crippen LogP contribution in [0.1, 0.15) is 12.0 Å². The van der Waals surface area contributed by atoms with Crippen LogP contribution in [0.2, 0.25) is 0 Å². The molecule has 0 saturated heterocycles. The molecule has 0 amide bonds. The van der Waals surface area contributed by atoms with Crippen LogP contribution in [0.25, 0.3) is 21.8 Å². The van der Waals surface area contributed by atoms with Crippen molar-refractivity contribution in [2.75, 3.05) is 37.0 Å². The minimum Gasteiger partial charge on any atom is -0.478 e. The van der Waals surface area contributed by atoms with Crippen LogP contribution in [-0.2, 0) is 16.4 Å². The summed E-state index contributed by atoms with van der Waals surface area (Å²) in [5.74, 6) is 1.25. The van der Waals surface area contributed by atoms with Crippen molar-refractivity contribution in [2.45, 2.75) is 13.0 Å². The third-order valence-electron chi connectivity index (χ3n) is 5.97. The molecule has 5 rings (SSSR count). The van der Waals surface area contributed by atoms with Crippen molar-refractivity contribution in [2.24, 2.45) is 0 Å². The Bertz CT molecular complexity index is 1640. The fourth-order valence-corrected chi connectivity index (χ4v) is 4.57. The molecule has 0 aliphatic rings. The Balaban J connectivity index is 1.24. The summed E-state index contributed by atoms with van der Waals surface area (Å²) >= 11 is 0. The third-order valence-corrected chi connectivity index (χ3v) is 6.92. The maximum Gasteiger partial charge on any atom is 0.214 e. The summed E-state index contributed by atoms with van der Waals surface area (Å²) in [4.78, 5) is 13.1. The van der Waals surface area contributed by atoms with Crippen molar-refractivity contribution in [1.82, 2.24) is 30.0 Å². The minimum absolute atomic E-state index is 0.124. The molecule has 0 saturated carbocycles. The summed E-state index contributed by atoms with van der Waals surface area (Å²) in [6, 6.07) is 18.2. The molecule has 196 valence electrons. The van der Waals surface area contributed by atoms with Gasteiger partial charge in [0.25, 0.3) is 0 Å². The van der Waals surface area contributed by atoms with Gasteiger partial charge in [-0.15, -0.1) is 0 Å². The average Bonchev–Trinajstić information content (AvgIpc) is 3.30. The van der Waals surface area contributed by atoms with Crippen molar-refractivity contribution in [3.05, 3.63) is 78.9 Å². The van der Waals surface area contributed by atoms with Gasteiger partial charge in [-0.2, -0.15) is 5.10 Å². The molecule has 0 fully saturated rings. The van der Waals surface area contributed by atoms with E-state index in [0.29, 0.717) is 43.5 Å². The van der Waals surface area contributed by atoms with Gasteiger partial charge in [0.1, 0.15) is 22.0 Å². The van der Waals surface area contributed by atoms with Gasteiger partial charge in [-0.1, -0.05) is 30.3 Å². The van der Waals surface area contributed by atoms with Gasteiger partial charge in [-0.3, -0.25) is 4.68 Å². The van der Waals surface area contributed by atoms with Crippen molar-refractivity contribution >= 4 is 43.1 Å². The standard InChI is InChI=1S/C27H29N7O3S/c1-38(35,36)13-11-28-10-5-12-37-26-15-23-24(17-29-26)30-19-31-27(23)33-22-8-9-25-21(14-22)16-32-34(25)18-20-6-3-2-4-7-20/h2-4,6-9,14-17,19,28H,5,10-13,18H2,1H3,(H,30,31,33). The molecule has 2 aromatic carbocycles. The summed E-state index contributed by atoms with van der Waals surface area (Å²) < 4.78 is 30.2. The summed E-state index contributed by atoms with van der Waals surface area (Å²) in [6.45, 7) is 2.24. The Morgan fingerprint density at radius 3 is 2.68 bits per heavy atom. The fraction of sp³-hybridized carbons (Fsp3) is 0.259. The van der Waals surface area contributed by atoms with Gasteiger partial charge in [-0.25, -0.2) is 23.4 Å². The van der Waals surface area contributed by atoms with Crippen LogP contribution in [-0.4, -0.2) is 64.9 Å². The average molecular weight is 532 g/mol. The van der Waals surface area contributed by atoms with E-state index in [1.54, 1.807) is 6.20 Å². The zero-order valence-corrected chi connectivity index (χ0v) is 21.9. The van der Waals surface area contributed by atoms with Crippen LogP contribution < -0.4 is 15.4 Å². The molecule has 0 radical (unpaired) electrons. The number of ether oxygens (including phenoxy) is 1. The predicted molar refractivity (Wildman–Crippen MR) is 149 cm³/mol. The molecule has 0 unspecified atom stereocenters. The van der Waals surface area contributed by atoms with Gasteiger partial charge in [0, 0.05) is 35.3 Å². The molecule has 0 atom stereocenters. The number of hydrogen-bond acceptors (Lipinski definition) is 9. The van der Waals surface area contributed by atoms with E-state index in [1.807, 2.05) is 47.3 Å². The summed E-state index contributed by atoms with van der Waals surface area (Å²) in [5, 5.41) is 12.9. The Labute approximate surface area is 221 Å². The molecule has 5 aromatic rings. The summed E-state index contributed by atoms with van der Waals surface area (Å²) in [7, 11) is -2.95. The van der Waals surface area contributed by atoms with Crippen molar-refractivity contribution in [1.29, 1.82) is 0 Å². The van der Waals surface area contributed by atoms with E-state index in [2.05, 4.69) is 48.9 Å². The first-order valence-electron chi connectivity index (χ1n) is 12.3. The highest BCUT2D eigenvalue weighted by molar-refractivity contribution is 7.90. The highest BCUT2D eigenvalue weighted by Gasteiger charge is 2.10. The van der Waals surface area contributed by atoms with E-state index < -0.39 is 9.84 Å². The Morgan fingerprint density at radius 2 is 1.84 bits per heavy atom. The molecule has 38 heavy (non-hydrogen) atoms. The SMILES string of the molecule is CS(=O)(=O)CCNCCCOc1cc2c(Nc3ccc4c(cnn4Cc4ccccc4)c3)ncnc2cn1. The smallest absolute Gasteiger partial charge is 0.214 e. The number of sulfone groups is 1. The van der Waals surface area contributed by atoms with Gasteiger partial charge in [0.2, 0.25) is 5.88 Å². The lowest BCUT2D eigenvalue weighted by molar-refractivity contribution is 0.298. The maximum absolute atomic E-state index is 11.2. The van der Waals surface area contributed by atoms with E-state index in [9.17, 15) is 8.42 Å². The van der Waals surface area contributed by atoms with Gasteiger partial charge in [0.05, 0.1) is 42.3 Å². The molecule has 11 heteroatoms. The van der Waals surface area contributed by atoms with Crippen molar-refractivity contribution < 1.29 is 13.2 Å². The Kier molecular flexibility index (Phi) is 7.75. The number of rotatable bonds is 12. The predicted octanol–water partition coefficient (Wildman–Crippen LogP) is 3.57. The van der Waals surface area contributed by atoms with Crippen LogP contribution in [0.15, 0.2) is 73.3 Å². The minimum atomic E-state index is -2.95. The van der Waals surface area contributed by atoms with Crippen LogP contribution in [0.4, 0.5) is 11.5 Å². The first-order valence-corrected chi connectivity index (χ1v) is 14.4. The molecule has 0 bridgehead atoms. The highest BCUT2D eigenvalue weighted by atomic mass is 32.2. The molecule has 0 aliphatic carbocycles. The van der Waals surface area contributed by atoms with Crippen LogP contribution in [0.5, 0.6) is 5.88 Å². The second-order valence-electron chi connectivity index (χ2n) is 9.03. The monoisotopic (exact) mass is 531 g/mol. The molecule has 10 nitrogen and oxygen atoms in total. The maximum atomic E-state index is 11.2. The lowest BCUT2D eigenvalue weighted by Crippen LogP contribution is -2.24. The fourth-order valence-electron chi connectivity index (χ4n) is 4.06. The number of fused-ring (bicyclic) bond motifs is 2. The second kappa shape index (κ2) is 11.5. The lowest BCUT2D eigenvalue weighted by Gasteiger charge is -2.11. The van der Waals surface area contributed by atoms with Crippen molar-refractivity contribution in [3.8, 4) is 5.88 Å². The molecule has 2 N–H and O–H groups in total. The summed E-state index contributed by atoms with van der Waals surface area (Å²) in [6.07, 6.45) is 6.99. The third kappa shape index (κ3) is 6.61. The molecule has 3 heterocycles.